The van der Waals surface area contributed by atoms with Crippen LogP contribution in [0.3, 0.4) is 0 Å². The number of carbonyl (C=O) groups is 1. The van der Waals surface area contributed by atoms with Gasteiger partial charge in [0.1, 0.15) is 5.75 Å². The lowest BCUT2D eigenvalue weighted by Gasteiger charge is -2.37. The number of rotatable bonds is 7. The second-order valence-electron chi connectivity index (χ2n) is 8.72. The van der Waals surface area contributed by atoms with Crippen LogP contribution in [0.4, 0.5) is 0 Å². The van der Waals surface area contributed by atoms with Crippen LogP contribution in [-0.2, 0) is 25.0 Å². The first kappa shape index (κ1) is 21.6. The van der Waals surface area contributed by atoms with Crippen molar-refractivity contribution in [3.8, 4) is 5.75 Å². The molecule has 1 aromatic rings. The Bertz CT molecular complexity index is 837. The molecule has 1 amide bonds. The molecule has 0 spiro atoms. The summed E-state index contributed by atoms with van der Waals surface area (Å²) in [6.07, 6.45) is 4.51. The van der Waals surface area contributed by atoms with Crippen molar-refractivity contribution in [2.24, 2.45) is 5.92 Å². The van der Waals surface area contributed by atoms with E-state index in [1.54, 1.807) is 11.4 Å². The van der Waals surface area contributed by atoms with E-state index in [1.807, 2.05) is 24.3 Å². The molecule has 30 heavy (non-hydrogen) atoms. The third-order valence-corrected chi connectivity index (χ3v) is 9.25. The van der Waals surface area contributed by atoms with Crippen LogP contribution in [0, 0.1) is 5.92 Å². The van der Waals surface area contributed by atoms with Gasteiger partial charge in [0.2, 0.25) is 15.9 Å². The molecule has 3 aliphatic rings. The summed E-state index contributed by atoms with van der Waals surface area (Å²) < 4.78 is 37.3. The molecule has 7 nitrogen and oxygen atoms in total. The van der Waals surface area contributed by atoms with Crippen LogP contribution < -0.4 is 10.1 Å². The lowest BCUT2D eigenvalue weighted by Crippen LogP contribution is -2.50. The van der Waals surface area contributed by atoms with E-state index in [9.17, 15) is 13.2 Å². The molecule has 1 saturated carbocycles. The summed E-state index contributed by atoms with van der Waals surface area (Å²) in [6, 6.07) is 7.75. The van der Waals surface area contributed by atoms with Gasteiger partial charge in [-0.25, -0.2) is 12.7 Å². The number of benzene rings is 1. The zero-order valence-electron chi connectivity index (χ0n) is 17.6. The van der Waals surface area contributed by atoms with Crippen molar-refractivity contribution in [3.63, 3.8) is 0 Å². The van der Waals surface area contributed by atoms with E-state index in [1.165, 1.54) is 0 Å². The molecule has 0 aromatic heterocycles. The summed E-state index contributed by atoms with van der Waals surface area (Å²) in [5, 5.41) is 3.04. The van der Waals surface area contributed by atoms with Crippen molar-refractivity contribution in [1.29, 1.82) is 0 Å². The van der Waals surface area contributed by atoms with Crippen LogP contribution >= 0.6 is 0 Å². The molecule has 1 aliphatic carbocycles. The smallest absolute Gasteiger partial charge is 0.230 e. The highest BCUT2D eigenvalue weighted by atomic mass is 32.2. The Kier molecular flexibility index (Phi) is 6.36. The quantitative estimate of drug-likeness (QED) is 0.707. The molecule has 0 bridgehead atoms. The third-order valence-electron chi connectivity index (χ3n) is 6.85. The second-order valence-corrected chi connectivity index (χ2v) is 10.9. The van der Waals surface area contributed by atoms with Crippen LogP contribution in [0.2, 0.25) is 0 Å². The molecule has 2 saturated heterocycles. The number of methoxy groups -OCH3 is 1. The largest absolute Gasteiger partial charge is 0.497 e. The normalized spacial score (nSPS) is 23.1. The molecule has 4 rings (SSSR count). The Morgan fingerprint density at radius 2 is 1.77 bits per heavy atom. The highest BCUT2D eigenvalue weighted by molar-refractivity contribution is 7.90. The zero-order chi connectivity index (χ0) is 21.2. The molecule has 0 radical (unpaired) electrons. The highest BCUT2D eigenvalue weighted by Gasteiger charge is 2.43. The van der Waals surface area contributed by atoms with E-state index in [0.29, 0.717) is 51.6 Å². The maximum atomic E-state index is 13.3. The van der Waals surface area contributed by atoms with Gasteiger partial charge in [0.25, 0.3) is 0 Å². The number of nitrogens with zero attached hydrogens (tertiary/aromatic N) is 1. The van der Waals surface area contributed by atoms with E-state index >= 15 is 0 Å². The standard InChI is InChI=1S/C22H32N2O5S/c1-28-19-4-2-18(3-5-19)22(10-14-29-15-11-22)21(25)23-16-17-8-12-24(13-9-17)30(26,27)20-6-7-20/h2-5,17,20H,6-16H2,1H3,(H,23,25). The highest BCUT2D eigenvalue weighted by Crippen LogP contribution is 2.36. The third kappa shape index (κ3) is 4.36. The molecule has 1 aromatic carbocycles. The van der Waals surface area contributed by atoms with Gasteiger partial charge < -0.3 is 14.8 Å². The monoisotopic (exact) mass is 436 g/mol. The Labute approximate surface area is 179 Å². The van der Waals surface area contributed by atoms with Crippen LogP contribution in [-0.4, -0.2) is 63.8 Å². The van der Waals surface area contributed by atoms with Crippen molar-refractivity contribution in [2.75, 3.05) is 40.0 Å². The van der Waals surface area contributed by atoms with Gasteiger partial charge in [-0.15, -0.1) is 0 Å². The minimum absolute atomic E-state index is 0.0454. The fraction of sp³-hybridized carbons (Fsp3) is 0.682. The number of hydrogen-bond acceptors (Lipinski definition) is 5. The van der Waals surface area contributed by atoms with Crippen LogP contribution in [0.5, 0.6) is 5.75 Å². The minimum atomic E-state index is -3.09. The number of piperidine rings is 1. The summed E-state index contributed by atoms with van der Waals surface area (Å²) in [5.41, 5.74) is 0.412. The van der Waals surface area contributed by atoms with Gasteiger partial charge in [0.05, 0.1) is 17.8 Å². The molecule has 0 atom stereocenters. The SMILES string of the molecule is COc1ccc(C2(C(=O)NCC3CCN(S(=O)(=O)C4CC4)CC3)CCOCC2)cc1. The first-order valence-corrected chi connectivity index (χ1v) is 12.5. The fourth-order valence-electron chi connectivity index (χ4n) is 4.63. The van der Waals surface area contributed by atoms with Crippen molar-refractivity contribution >= 4 is 15.9 Å². The minimum Gasteiger partial charge on any atom is -0.497 e. The van der Waals surface area contributed by atoms with Crippen LogP contribution in [0.25, 0.3) is 0 Å². The van der Waals surface area contributed by atoms with E-state index in [2.05, 4.69) is 5.32 Å². The first-order valence-electron chi connectivity index (χ1n) is 11.0. The zero-order valence-corrected chi connectivity index (χ0v) is 18.5. The number of ether oxygens (including phenoxy) is 2. The average Bonchev–Trinajstić information content (AvgIpc) is 3.64. The molecule has 1 N–H and O–H groups in total. The van der Waals surface area contributed by atoms with Gasteiger partial charge in [0.15, 0.2) is 0 Å². The molecular formula is C22H32N2O5S. The maximum Gasteiger partial charge on any atom is 0.230 e. The van der Waals surface area contributed by atoms with Crippen molar-refractivity contribution in [1.82, 2.24) is 9.62 Å². The number of carbonyl (C=O) groups excluding carboxylic acids is 1. The Morgan fingerprint density at radius 3 is 2.33 bits per heavy atom. The summed E-state index contributed by atoms with van der Waals surface area (Å²) in [4.78, 5) is 13.3. The summed E-state index contributed by atoms with van der Waals surface area (Å²) in [7, 11) is -1.46. The predicted octanol–water partition coefficient (Wildman–Crippen LogP) is 2.06. The van der Waals surface area contributed by atoms with Gasteiger partial charge >= 0.3 is 0 Å². The summed E-state index contributed by atoms with van der Waals surface area (Å²) in [5.74, 6) is 1.13. The maximum absolute atomic E-state index is 13.3. The molecule has 166 valence electrons. The predicted molar refractivity (Wildman–Crippen MR) is 114 cm³/mol. The summed E-state index contributed by atoms with van der Waals surface area (Å²) >= 11 is 0. The number of hydrogen-bond donors (Lipinski definition) is 1. The average molecular weight is 437 g/mol. The molecule has 3 fully saturated rings. The molecule has 2 aliphatic heterocycles. The van der Waals surface area contributed by atoms with Crippen molar-refractivity contribution < 1.29 is 22.7 Å². The molecule has 2 heterocycles. The summed E-state index contributed by atoms with van der Waals surface area (Å²) in [6.45, 7) is 2.86. The van der Waals surface area contributed by atoms with E-state index in [4.69, 9.17) is 9.47 Å². The Morgan fingerprint density at radius 1 is 1.13 bits per heavy atom. The van der Waals surface area contributed by atoms with Gasteiger partial charge in [-0.05, 0) is 62.1 Å². The van der Waals surface area contributed by atoms with E-state index < -0.39 is 15.4 Å². The van der Waals surface area contributed by atoms with Gasteiger partial charge in [0, 0.05) is 32.8 Å². The van der Waals surface area contributed by atoms with Crippen LogP contribution in [0.15, 0.2) is 24.3 Å². The van der Waals surface area contributed by atoms with Gasteiger partial charge in [-0.1, -0.05) is 12.1 Å². The van der Waals surface area contributed by atoms with Crippen molar-refractivity contribution in [3.05, 3.63) is 29.8 Å². The topological polar surface area (TPSA) is 84.9 Å². The first-order chi connectivity index (χ1) is 14.5. The fourth-order valence-corrected chi connectivity index (χ4v) is 6.50. The molecular weight excluding hydrogens is 404 g/mol. The van der Waals surface area contributed by atoms with E-state index in [0.717, 1.165) is 37.0 Å². The second kappa shape index (κ2) is 8.85. The Balaban J connectivity index is 1.36. The number of nitrogens with one attached hydrogen (secondary N) is 1. The van der Waals surface area contributed by atoms with E-state index in [-0.39, 0.29) is 11.2 Å². The number of sulfonamides is 1. The molecule has 0 unspecified atom stereocenters. The van der Waals surface area contributed by atoms with Crippen molar-refractivity contribution in [2.45, 2.75) is 49.2 Å². The lowest BCUT2D eigenvalue weighted by atomic mass is 9.73. The van der Waals surface area contributed by atoms with Crippen LogP contribution in [0.1, 0.15) is 44.1 Å². The lowest BCUT2D eigenvalue weighted by molar-refractivity contribution is -0.130. The van der Waals surface area contributed by atoms with Gasteiger partial charge in [-0.2, -0.15) is 0 Å². The van der Waals surface area contributed by atoms with Gasteiger partial charge in [-0.3, -0.25) is 4.79 Å². The number of amides is 1. The molecule has 8 heteroatoms. The Hall–Kier alpha value is -1.64.